The van der Waals surface area contributed by atoms with Gasteiger partial charge in [-0.1, -0.05) is 0 Å². The summed E-state index contributed by atoms with van der Waals surface area (Å²) >= 11 is 0. The van der Waals surface area contributed by atoms with Crippen LogP contribution in [0.2, 0.25) is 0 Å². The Balaban J connectivity index is 6.25. The maximum absolute atomic E-state index is 9.21. The first kappa shape index (κ1) is 66.1. The SMILES string of the molecule is CC(COC(C)CN(CCN(CC(C)OCC(C)OCCO)CC(C)OCC(C)OCCON)CCN(CC(C)OCC(C)OCCON)CC(C)OCC(C)OCCOCN)OCCON. The maximum atomic E-state index is 9.21. The summed E-state index contributed by atoms with van der Waals surface area (Å²) in [6.07, 6.45) is -1.08. The molecule has 0 aliphatic rings. The normalized spacial score (nSPS) is 16.9. The number of aliphatic hydroxyl groups is 1. The second-order valence-electron chi connectivity index (χ2n) is 17.4. The molecular formula is C45H99N7O15. The molecule has 0 heterocycles. The summed E-state index contributed by atoms with van der Waals surface area (Å²) in [6, 6.07) is 0. The summed E-state index contributed by atoms with van der Waals surface area (Å²) in [6.45, 7) is 32.1. The molecule has 0 spiro atoms. The van der Waals surface area contributed by atoms with Gasteiger partial charge in [0.2, 0.25) is 0 Å². The molecule has 0 saturated carbocycles. The lowest BCUT2D eigenvalue weighted by Gasteiger charge is -2.34. The van der Waals surface area contributed by atoms with Crippen LogP contribution >= 0.6 is 0 Å². The predicted octanol–water partition coefficient (Wildman–Crippen LogP) is 0.539. The van der Waals surface area contributed by atoms with Gasteiger partial charge >= 0.3 is 0 Å². The smallest absolute Gasteiger partial charge is 0.0941 e. The third kappa shape index (κ3) is 41.4. The van der Waals surface area contributed by atoms with E-state index in [9.17, 15) is 5.11 Å². The van der Waals surface area contributed by atoms with E-state index in [1.807, 2.05) is 34.6 Å². The molecular weight excluding hydrogens is 879 g/mol. The summed E-state index contributed by atoms with van der Waals surface area (Å²) < 4.78 is 65.5. The van der Waals surface area contributed by atoms with Gasteiger partial charge in [-0.15, -0.1) is 0 Å². The molecule has 67 heavy (non-hydrogen) atoms. The Morgan fingerprint density at radius 3 is 0.851 bits per heavy atom. The number of aliphatic hydroxyl groups excluding tert-OH is 1. The minimum Gasteiger partial charge on any atom is -0.394 e. The Morgan fingerprint density at radius 1 is 0.328 bits per heavy atom. The van der Waals surface area contributed by atoms with Gasteiger partial charge in [-0.05, 0) is 69.2 Å². The third-order valence-corrected chi connectivity index (χ3v) is 10.2. The van der Waals surface area contributed by atoms with E-state index in [1.165, 1.54) is 0 Å². The van der Waals surface area contributed by atoms with E-state index in [2.05, 4.69) is 63.8 Å². The number of ether oxygens (including phenoxy) is 11. The Kier molecular flexibility index (Phi) is 44.4. The molecule has 0 amide bonds. The monoisotopic (exact) mass is 978 g/mol. The van der Waals surface area contributed by atoms with Crippen molar-refractivity contribution in [2.75, 3.05) is 165 Å². The van der Waals surface area contributed by atoms with Gasteiger partial charge in [-0.3, -0.25) is 14.7 Å². The number of hydrogen-bond donors (Lipinski definition) is 5. The summed E-state index contributed by atoms with van der Waals surface area (Å²) in [5, 5.41) is 9.21. The van der Waals surface area contributed by atoms with Crippen LogP contribution in [0.1, 0.15) is 69.2 Å². The highest BCUT2D eigenvalue weighted by atomic mass is 16.6. The number of hydrogen-bond acceptors (Lipinski definition) is 22. The molecule has 0 aliphatic carbocycles. The van der Waals surface area contributed by atoms with E-state index in [0.717, 1.165) is 26.2 Å². The predicted molar refractivity (Wildman–Crippen MR) is 256 cm³/mol. The molecule has 0 saturated heterocycles. The van der Waals surface area contributed by atoms with Gasteiger partial charge in [0.15, 0.2) is 0 Å². The Morgan fingerprint density at radius 2 is 0.582 bits per heavy atom. The second kappa shape index (κ2) is 45.0. The zero-order valence-corrected chi connectivity index (χ0v) is 43.3. The third-order valence-electron chi connectivity index (χ3n) is 10.2. The summed E-state index contributed by atoms with van der Waals surface area (Å²) in [5.41, 5.74) is 5.44. The molecule has 0 aromatic carbocycles. The zero-order valence-electron chi connectivity index (χ0n) is 43.3. The van der Waals surface area contributed by atoms with Crippen molar-refractivity contribution in [3.63, 3.8) is 0 Å². The van der Waals surface area contributed by atoms with Crippen LogP contribution < -0.4 is 23.4 Å². The highest BCUT2D eigenvalue weighted by Gasteiger charge is 2.22. The van der Waals surface area contributed by atoms with Crippen LogP contribution in [-0.2, 0) is 66.6 Å². The molecule has 9 N–H and O–H groups in total. The summed E-state index contributed by atoms with van der Waals surface area (Å²) in [4.78, 5) is 21.2. The standard InChI is InChI=1S/C45H99N7O15/c1-36(60-32-43(8)57-19-22-65-47)25-50(11-13-51(26-37(2)61-30-41(6)55-16-15-53)28-39(4)63-33-44(9)58-20-23-66-48)12-14-52(29-40(5)64-34-45(10)59-21-24-67-49)27-38(3)62-31-42(7)56-18-17-54-35-46/h36-45,53H,11-35,46-49H2,1-10H3. The van der Waals surface area contributed by atoms with E-state index in [1.54, 1.807) is 0 Å². The average Bonchev–Trinajstić information content (AvgIpc) is 3.29. The largest absolute Gasteiger partial charge is 0.394 e. The lowest BCUT2D eigenvalue weighted by Crippen LogP contribution is -2.47. The van der Waals surface area contributed by atoms with Gasteiger partial charge in [0.25, 0.3) is 0 Å². The second-order valence-corrected chi connectivity index (χ2v) is 17.4. The van der Waals surface area contributed by atoms with Crippen molar-refractivity contribution in [1.82, 2.24) is 14.7 Å². The van der Waals surface area contributed by atoms with Crippen LogP contribution in [0, 0.1) is 0 Å². The highest BCUT2D eigenvalue weighted by molar-refractivity contribution is 4.75. The van der Waals surface area contributed by atoms with Crippen LogP contribution in [-0.4, -0.2) is 246 Å². The van der Waals surface area contributed by atoms with E-state index in [-0.39, 0.29) is 81.0 Å². The van der Waals surface area contributed by atoms with E-state index >= 15 is 0 Å². The van der Waals surface area contributed by atoms with Crippen LogP contribution in [0.5, 0.6) is 0 Å². The number of nitrogens with two attached hydrogens (primary N) is 4. The molecule has 10 unspecified atom stereocenters. The molecule has 10 atom stereocenters. The van der Waals surface area contributed by atoms with Gasteiger partial charge in [0.1, 0.15) is 0 Å². The van der Waals surface area contributed by atoms with Gasteiger partial charge in [0.05, 0.1) is 167 Å². The maximum Gasteiger partial charge on any atom is 0.0941 e. The molecule has 0 bridgehead atoms. The van der Waals surface area contributed by atoms with Gasteiger partial charge < -0.3 is 77.5 Å². The lowest BCUT2D eigenvalue weighted by atomic mass is 10.2. The van der Waals surface area contributed by atoms with Crippen LogP contribution in [0.15, 0.2) is 0 Å². The quantitative estimate of drug-likeness (QED) is 0.0316. The van der Waals surface area contributed by atoms with Crippen molar-refractivity contribution in [2.24, 2.45) is 23.4 Å². The minimum absolute atomic E-state index is 0.0345. The molecule has 22 nitrogen and oxygen atoms in total. The zero-order chi connectivity index (χ0) is 50.1. The fourth-order valence-electron chi connectivity index (χ4n) is 6.73. The highest BCUT2D eigenvalue weighted by Crippen LogP contribution is 2.10. The molecule has 0 aromatic rings. The summed E-state index contributed by atoms with van der Waals surface area (Å²) in [5.74, 6) is 15.5. The fourth-order valence-corrected chi connectivity index (χ4v) is 6.73. The first-order chi connectivity index (χ1) is 32.1. The number of nitrogens with zero attached hydrogens (tertiary/aromatic N) is 3. The van der Waals surface area contributed by atoms with E-state index in [4.69, 9.17) is 75.5 Å². The number of rotatable bonds is 51. The van der Waals surface area contributed by atoms with E-state index < -0.39 is 0 Å². The minimum atomic E-state index is -0.147. The lowest BCUT2D eigenvalue weighted by molar-refractivity contribution is -0.0678. The first-order valence-electron chi connectivity index (χ1n) is 24.3. The fraction of sp³-hybridized carbons (Fsp3) is 1.00. The van der Waals surface area contributed by atoms with Crippen LogP contribution in [0.3, 0.4) is 0 Å². The Bertz CT molecular complexity index is 1060. The molecule has 0 fully saturated rings. The van der Waals surface area contributed by atoms with Gasteiger partial charge in [-0.2, -0.15) is 0 Å². The van der Waals surface area contributed by atoms with Crippen molar-refractivity contribution in [1.29, 1.82) is 0 Å². The Labute approximate surface area is 404 Å². The summed E-state index contributed by atoms with van der Waals surface area (Å²) in [7, 11) is 0. The Hall–Kier alpha value is -0.880. The average molecular weight is 978 g/mol. The van der Waals surface area contributed by atoms with Crippen molar-refractivity contribution in [3.05, 3.63) is 0 Å². The topological polar surface area (TPSA) is 263 Å². The van der Waals surface area contributed by atoms with Crippen LogP contribution in [0.25, 0.3) is 0 Å². The molecule has 0 aromatic heterocycles. The van der Waals surface area contributed by atoms with Crippen molar-refractivity contribution < 1.29 is 71.7 Å². The molecule has 0 radical (unpaired) electrons. The molecule has 404 valence electrons. The molecule has 0 aliphatic heterocycles. The van der Waals surface area contributed by atoms with Crippen molar-refractivity contribution >= 4 is 0 Å². The van der Waals surface area contributed by atoms with Gasteiger partial charge in [0, 0.05) is 58.9 Å². The van der Waals surface area contributed by atoms with Crippen LogP contribution in [0.4, 0.5) is 0 Å². The first-order valence-corrected chi connectivity index (χ1v) is 24.3. The molecule has 0 rings (SSSR count). The van der Waals surface area contributed by atoms with E-state index in [0.29, 0.717) is 119 Å². The van der Waals surface area contributed by atoms with Crippen molar-refractivity contribution in [2.45, 2.75) is 130 Å². The van der Waals surface area contributed by atoms with Crippen molar-refractivity contribution in [3.8, 4) is 0 Å². The van der Waals surface area contributed by atoms with Gasteiger partial charge in [-0.25, -0.2) is 17.7 Å². The molecule has 22 heteroatoms.